The van der Waals surface area contributed by atoms with E-state index < -0.39 is 0 Å². The molecule has 0 aromatic carbocycles. The molecule has 0 spiro atoms. The van der Waals surface area contributed by atoms with Crippen LogP contribution in [0.25, 0.3) is 0 Å². The summed E-state index contributed by atoms with van der Waals surface area (Å²) in [6, 6.07) is 0.215. The summed E-state index contributed by atoms with van der Waals surface area (Å²) in [5, 5.41) is 3.87. The van der Waals surface area contributed by atoms with Crippen LogP contribution in [0, 0.1) is 6.92 Å². The summed E-state index contributed by atoms with van der Waals surface area (Å²) < 4.78 is 5.26. The van der Waals surface area contributed by atoms with Crippen LogP contribution in [0.2, 0.25) is 0 Å². The van der Waals surface area contributed by atoms with Crippen LogP contribution in [0.5, 0.6) is 0 Å². The van der Waals surface area contributed by atoms with Crippen LogP contribution in [0.1, 0.15) is 38.5 Å². The van der Waals surface area contributed by atoms with Gasteiger partial charge in [-0.25, -0.2) is 0 Å². The molecule has 2 heterocycles. The predicted molar refractivity (Wildman–Crippen MR) is 74.9 cm³/mol. The summed E-state index contributed by atoms with van der Waals surface area (Å²) in [6.45, 7) is 13.7. The Labute approximate surface area is 115 Å². The molecule has 19 heavy (non-hydrogen) atoms. The van der Waals surface area contributed by atoms with Crippen LogP contribution in [-0.2, 0) is 0 Å². The first-order valence-corrected chi connectivity index (χ1v) is 6.96. The van der Waals surface area contributed by atoms with E-state index in [1.165, 1.54) is 5.57 Å². The number of hydrogen-bond donors (Lipinski definition) is 0. The van der Waals surface area contributed by atoms with E-state index in [9.17, 15) is 0 Å². The van der Waals surface area contributed by atoms with E-state index in [0.717, 1.165) is 38.6 Å². The molecule has 0 amide bonds. The van der Waals surface area contributed by atoms with E-state index in [2.05, 4.69) is 46.8 Å². The van der Waals surface area contributed by atoms with E-state index >= 15 is 0 Å². The fourth-order valence-electron chi connectivity index (χ4n) is 2.28. The molecule has 1 fully saturated rings. The number of piperazine rings is 1. The largest absolute Gasteiger partial charge is 0.338 e. The molecule has 1 saturated heterocycles. The van der Waals surface area contributed by atoms with Gasteiger partial charge in [0.2, 0.25) is 5.89 Å². The lowest BCUT2D eigenvalue weighted by Gasteiger charge is -2.36. The number of nitrogens with zero attached hydrogens (tertiary/aromatic N) is 4. The lowest BCUT2D eigenvalue weighted by atomic mass is 10.2. The first-order chi connectivity index (χ1) is 9.06. The number of hydrogen-bond acceptors (Lipinski definition) is 5. The van der Waals surface area contributed by atoms with Gasteiger partial charge in [0.25, 0.3) is 0 Å². The summed E-state index contributed by atoms with van der Waals surface area (Å²) in [6.07, 6.45) is 2.29. The molecule has 1 aliphatic rings. The molecule has 5 nitrogen and oxygen atoms in total. The van der Waals surface area contributed by atoms with Gasteiger partial charge in [-0.2, -0.15) is 4.98 Å². The van der Waals surface area contributed by atoms with Crippen molar-refractivity contribution in [3.63, 3.8) is 0 Å². The van der Waals surface area contributed by atoms with E-state index in [4.69, 9.17) is 4.52 Å². The van der Waals surface area contributed by atoms with Crippen molar-refractivity contribution in [3.8, 4) is 0 Å². The van der Waals surface area contributed by atoms with Crippen LogP contribution >= 0.6 is 0 Å². The summed E-state index contributed by atoms with van der Waals surface area (Å²) >= 11 is 0. The van der Waals surface area contributed by atoms with Gasteiger partial charge in [0.05, 0.1) is 6.04 Å². The minimum absolute atomic E-state index is 0.215. The van der Waals surface area contributed by atoms with Gasteiger partial charge >= 0.3 is 0 Å². The molecular weight excluding hydrogens is 240 g/mol. The van der Waals surface area contributed by atoms with E-state index in [-0.39, 0.29) is 6.04 Å². The van der Waals surface area contributed by atoms with Gasteiger partial charge in [-0.15, -0.1) is 0 Å². The molecular formula is C14H24N4O. The molecule has 0 aliphatic carbocycles. The second kappa shape index (κ2) is 6.30. The molecule has 1 aromatic rings. The molecule has 5 heteroatoms. The molecule has 106 valence electrons. The molecule has 0 bridgehead atoms. The van der Waals surface area contributed by atoms with E-state index in [1.54, 1.807) is 0 Å². The highest BCUT2D eigenvalue weighted by molar-refractivity contribution is 4.96. The monoisotopic (exact) mass is 264 g/mol. The Morgan fingerprint density at radius 3 is 2.53 bits per heavy atom. The first kappa shape index (κ1) is 14.2. The summed E-state index contributed by atoms with van der Waals surface area (Å²) in [5.74, 6) is 1.44. The van der Waals surface area contributed by atoms with Crippen LogP contribution < -0.4 is 0 Å². The molecule has 1 aromatic heterocycles. The molecule has 0 unspecified atom stereocenters. The van der Waals surface area contributed by atoms with Crippen molar-refractivity contribution in [2.45, 2.75) is 33.7 Å². The number of allylic oxidation sites excluding steroid dienone is 1. The fraction of sp³-hybridized carbons (Fsp3) is 0.714. The molecule has 1 atom stereocenters. The second-order valence-electron chi connectivity index (χ2n) is 5.47. The third-order valence-electron chi connectivity index (χ3n) is 3.61. The standard InChI is InChI=1S/C14H24N4O/c1-11(2)5-6-17-7-9-18(10-8-17)12(3)14-15-13(4)16-19-14/h5,12H,6-10H2,1-4H3/t12-/m0/s1. The fourth-order valence-corrected chi connectivity index (χ4v) is 2.28. The maximum atomic E-state index is 5.26. The van der Waals surface area contributed by atoms with Crippen molar-refractivity contribution >= 4 is 0 Å². The minimum atomic E-state index is 0.215. The third kappa shape index (κ3) is 3.88. The van der Waals surface area contributed by atoms with Crippen molar-refractivity contribution in [1.82, 2.24) is 19.9 Å². The normalized spacial score (nSPS) is 19.4. The maximum absolute atomic E-state index is 5.26. The predicted octanol–water partition coefficient (Wildman–Crippen LogP) is 2.02. The Morgan fingerprint density at radius 2 is 2.00 bits per heavy atom. The Balaban J connectivity index is 1.84. The Bertz CT molecular complexity index is 428. The van der Waals surface area contributed by atoms with Gasteiger partial charge in [0, 0.05) is 32.7 Å². The van der Waals surface area contributed by atoms with Gasteiger partial charge in [-0.3, -0.25) is 9.80 Å². The number of aromatic nitrogens is 2. The van der Waals surface area contributed by atoms with Crippen molar-refractivity contribution in [1.29, 1.82) is 0 Å². The molecule has 2 rings (SSSR count). The zero-order valence-electron chi connectivity index (χ0n) is 12.4. The van der Waals surface area contributed by atoms with Crippen LogP contribution in [0.3, 0.4) is 0 Å². The molecule has 1 aliphatic heterocycles. The average molecular weight is 264 g/mol. The van der Waals surface area contributed by atoms with Crippen molar-refractivity contribution in [3.05, 3.63) is 23.4 Å². The highest BCUT2D eigenvalue weighted by Gasteiger charge is 2.24. The smallest absolute Gasteiger partial charge is 0.243 e. The Kier molecular flexibility index (Phi) is 4.71. The quantitative estimate of drug-likeness (QED) is 0.779. The molecule has 0 saturated carbocycles. The van der Waals surface area contributed by atoms with Gasteiger partial charge in [0.1, 0.15) is 0 Å². The first-order valence-electron chi connectivity index (χ1n) is 6.96. The molecule has 0 N–H and O–H groups in total. The lowest BCUT2D eigenvalue weighted by Crippen LogP contribution is -2.47. The van der Waals surface area contributed by atoms with Gasteiger partial charge in [-0.05, 0) is 27.7 Å². The highest BCUT2D eigenvalue weighted by Crippen LogP contribution is 2.19. The van der Waals surface area contributed by atoms with Crippen LogP contribution in [0.15, 0.2) is 16.2 Å². The van der Waals surface area contributed by atoms with Crippen molar-refractivity contribution in [2.24, 2.45) is 0 Å². The zero-order valence-corrected chi connectivity index (χ0v) is 12.4. The average Bonchev–Trinajstić information content (AvgIpc) is 2.83. The highest BCUT2D eigenvalue weighted by atomic mass is 16.5. The van der Waals surface area contributed by atoms with Crippen molar-refractivity contribution < 1.29 is 4.52 Å². The Hall–Kier alpha value is -1.20. The second-order valence-corrected chi connectivity index (χ2v) is 5.47. The molecule has 0 radical (unpaired) electrons. The maximum Gasteiger partial charge on any atom is 0.243 e. The van der Waals surface area contributed by atoms with E-state index in [1.807, 2.05) is 6.92 Å². The third-order valence-corrected chi connectivity index (χ3v) is 3.61. The van der Waals surface area contributed by atoms with Gasteiger partial charge < -0.3 is 4.52 Å². The summed E-state index contributed by atoms with van der Waals surface area (Å²) in [5.41, 5.74) is 1.39. The van der Waals surface area contributed by atoms with Crippen LogP contribution in [0.4, 0.5) is 0 Å². The zero-order chi connectivity index (χ0) is 13.8. The number of aryl methyl sites for hydroxylation is 1. The Morgan fingerprint density at radius 1 is 1.32 bits per heavy atom. The van der Waals surface area contributed by atoms with Crippen LogP contribution in [-0.4, -0.2) is 52.7 Å². The number of rotatable bonds is 4. The summed E-state index contributed by atoms with van der Waals surface area (Å²) in [4.78, 5) is 9.21. The minimum Gasteiger partial charge on any atom is -0.338 e. The topological polar surface area (TPSA) is 45.4 Å². The van der Waals surface area contributed by atoms with Crippen molar-refractivity contribution in [2.75, 3.05) is 32.7 Å². The lowest BCUT2D eigenvalue weighted by molar-refractivity contribution is 0.0946. The SMILES string of the molecule is CC(C)=CCN1CCN([C@@H](C)c2nc(C)no2)CC1. The van der Waals surface area contributed by atoms with Gasteiger partial charge in [0.15, 0.2) is 5.82 Å². The van der Waals surface area contributed by atoms with Gasteiger partial charge in [-0.1, -0.05) is 16.8 Å². The summed E-state index contributed by atoms with van der Waals surface area (Å²) in [7, 11) is 0. The van der Waals surface area contributed by atoms with E-state index in [0.29, 0.717) is 5.82 Å².